The summed E-state index contributed by atoms with van der Waals surface area (Å²) in [6.07, 6.45) is 0. The molecule has 0 heterocycles. The van der Waals surface area contributed by atoms with E-state index in [0.29, 0.717) is 6.61 Å². The van der Waals surface area contributed by atoms with Gasteiger partial charge < -0.3 is 17.5 Å². The van der Waals surface area contributed by atoms with Gasteiger partial charge in [-0.2, -0.15) is 0 Å². The van der Waals surface area contributed by atoms with E-state index in [1.54, 1.807) is 19.0 Å². The molecule has 0 rings (SSSR count). The minimum atomic E-state index is 0.701. The number of hydrogen-bond acceptors (Lipinski definition) is 2. The number of hydrogen-bond donors (Lipinski definition) is 0. The largest absolute Gasteiger partial charge is 0.581 e. The quantitative estimate of drug-likeness (QED) is 0.448. The molecule has 0 aromatic rings. The Morgan fingerprint density at radius 3 is 2.43 bits per heavy atom. The van der Waals surface area contributed by atoms with Crippen LogP contribution in [0, 0.1) is 0 Å². The number of ether oxygens (including phenoxy) is 1. The summed E-state index contributed by atoms with van der Waals surface area (Å²) in [5.74, 6) is 0. The van der Waals surface area contributed by atoms with Gasteiger partial charge in [0.15, 0.2) is 0 Å². The monoisotopic (exact) mass is 99.1 g/mol. The summed E-state index contributed by atoms with van der Waals surface area (Å²) >= 11 is 0. The number of likely N-dealkylation sites (N-methyl/N-ethyl adjacent to an activating group) is 1. The van der Waals surface area contributed by atoms with E-state index < -0.39 is 0 Å². The van der Waals surface area contributed by atoms with E-state index >= 15 is 0 Å². The molecule has 7 heavy (non-hydrogen) atoms. The maximum absolute atomic E-state index is 5.23. The van der Waals surface area contributed by atoms with Gasteiger partial charge in [-0.15, -0.1) is 0 Å². The van der Waals surface area contributed by atoms with Crippen LogP contribution in [0.15, 0.2) is 0 Å². The fourth-order valence-electron chi connectivity index (χ4n) is 0.235. The topological polar surface area (TPSA) is 12.5 Å². The molecular weight excluding hydrogens is 88.9 g/mol. The lowest BCUT2D eigenvalue weighted by atomic mass is 10.3. The standard InChI is InChI=1S/C4H10BNO/c1-6(5)3-4-7-2/h3-4H2,1-2H3/q-1. The smallest absolute Gasteiger partial charge is 0.0553 e. The number of rotatable bonds is 3. The molecule has 0 saturated carbocycles. The molecule has 41 valence electrons. The van der Waals surface area contributed by atoms with Crippen molar-refractivity contribution in [1.82, 2.24) is 4.81 Å². The average molecular weight is 98.9 g/mol. The van der Waals surface area contributed by atoms with Crippen molar-refractivity contribution in [1.29, 1.82) is 0 Å². The van der Waals surface area contributed by atoms with Crippen LogP contribution in [0.25, 0.3) is 0 Å². The van der Waals surface area contributed by atoms with Crippen molar-refractivity contribution in [2.75, 3.05) is 27.3 Å². The fraction of sp³-hybridized carbons (Fsp3) is 1.00. The normalized spacial score (nSPS) is 10.3. The summed E-state index contributed by atoms with van der Waals surface area (Å²) in [5.41, 5.74) is 0. The summed E-state index contributed by atoms with van der Waals surface area (Å²) in [4.78, 5) is 1.59. The van der Waals surface area contributed by atoms with Crippen LogP contribution >= 0.6 is 0 Å². The Kier molecular flexibility index (Phi) is 4.14. The molecule has 0 aliphatic carbocycles. The van der Waals surface area contributed by atoms with E-state index in [9.17, 15) is 0 Å². The van der Waals surface area contributed by atoms with Crippen molar-refractivity contribution in [2.45, 2.75) is 0 Å². The van der Waals surface area contributed by atoms with Crippen LogP contribution in [-0.4, -0.2) is 40.1 Å². The summed E-state index contributed by atoms with van der Waals surface area (Å²) in [7, 11) is 8.69. The molecule has 0 spiro atoms. The summed E-state index contributed by atoms with van der Waals surface area (Å²) in [5, 5.41) is 0. The third kappa shape index (κ3) is 5.98. The van der Waals surface area contributed by atoms with E-state index in [1.807, 2.05) is 0 Å². The lowest BCUT2D eigenvalue weighted by molar-refractivity contribution is 0.186. The summed E-state index contributed by atoms with van der Waals surface area (Å²) < 4.78 is 4.73. The van der Waals surface area contributed by atoms with Gasteiger partial charge in [-0.05, 0) is 6.54 Å². The van der Waals surface area contributed by atoms with Gasteiger partial charge in [-0.25, -0.2) is 0 Å². The molecule has 0 amide bonds. The van der Waals surface area contributed by atoms with E-state index in [4.69, 9.17) is 12.7 Å². The Labute approximate surface area is 45.9 Å². The molecule has 0 bridgehead atoms. The molecule has 0 aliphatic heterocycles. The Morgan fingerprint density at radius 1 is 1.71 bits per heavy atom. The lowest BCUT2D eigenvalue weighted by Crippen LogP contribution is -2.18. The fourth-order valence-corrected chi connectivity index (χ4v) is 0.235. The molecule has 2 nitrogen and oxygen atoms in total. The highest BCUT2D eigenvalue weighted by molar-refractivity contribution is 6.04. The predicted octanol–water partition coefficient (Wildman–Crippen LogP) is -0.352. The molecule has 0 saturated heterocycles. The van der Waals surface area contributed by atoms with Gasteiger partial charge in [0.05, 0.1) is 6.61 Å². The highest BCUT2D eigenvalue weighted by Gasteiger charge is 1.73. The van der Waals surface area contributed by atoms with E-state index in [0.717, 1.165) is 6.54 Å². The first-order valence-electron chi connectivity index (χ1n) is 2.22. The minimum absolute atomic E-state index is 0.701. The molecule has 3 heteroatoms. The van der Waals surface area contributed by atoms with Crippen molar-refractivity contribution < 1.29 is 4.74 Å². The third-order valence-electron chi connectivity index (χ3n) is 0.648. The Bertz CT molecular complexity index is 40.7. The van der Waals surface area contributed by atoms with Crippen molar-refractivity contribution in [3.05, 3.63) is 0 Å². The second kappa shape index (κ2) is 4.15. The van der Waals surface area contributed by atoms with Gasteiger partial charge >= 0.3 is 0 Å². The highest BCUT2D eigenvalue weighted by atomic mass is 16.5. The second-order valence-corrected chi connectivity index (χ2v) is 1.47. The van der Waals surface area contributed by atoms with Crippen LogP contribution < -0.4 is 0 Å². The predicted molar refractivity (Wildman–Crippen MR) is 30.3 cm³/mol. The molecule has 0 N–H and O–H groups in total. The van der Waals surface area contributed by atoms with Gasteiger partial charge in [-0.1, -0.05) is 7.05 Å². The Balaban J connectivity index is 2.68. The zero-order valence-electron chi connectivity index (χ0n) is 4.85. The molecule has 0 aromatic heterocycles. The van der Waals surface area contributed by atoms with E-state index in [-0.39, 0.29) is 0 Å². The second-order valence-electron chi connectivity index (χ2n) is 1.47. The molecule has 0 unspecified atom stereocenters. The SMILES string of the molecule is [B-]N(C)CCOC. The molecular formula is C4H10BNO-. The zero-order valence-corrected chi connectivity index (χ0v) is 4.85. The minimum Gasteiger partial charge on any atom is -0.581 e. The lowest BCUT2D eigenvalue weighted by Gasteiger charge is -2.24. The Morgan fingerprint density at radius 2 is 2.29 bits per heavy atom. The van der Waals surface area contributed by atoms with Crippen molar-refractivity contribution in [2.24, 2.45) is 0 Å². The average Bonchev–Trinajstić information content (AvgIpc) is 1.61. The molecule has 0 aromatic carbocycles. The molecule has 0 atom stereocenters. The highest BCUT2D eigenvalue weighted by Crippen LogP contribution is 1.70. The summed E-state index contributed by atoms with van der Waals surface area (Å²) in [6.45, 7) is 1.49. The van der Waals surface area contributed by atoms with Gasteiger partial charge in [0.25, 0.3) is 0 Å². The molecule has 0 fully saturated rings. The summed E-state index contributed by atoms with van der Waals surface area (Å²) in [6, 6.07) is 0. The van der Waals surface area contributed by atoms with Gasteiger partial charge in [0.2, 0.25) is 0 Å². The molecule has 0 aliphatic rings. The van der Waals surface area contributed by atoms with Crippen LogP contribution in [0.4, 0.5) is 0 Å². The van der Waals surface area contributed by atoms with Crippen LogP contribution in [0.2, 0.25) is 0 Å². The zero-order chi connectivity index (χ0) is 5.70. The van der Waals surface area contributed by atoms with Gasteiger partial charge in [0.1, 0.15) is 0 Å². The number of methoxy groups -OCH3 is 1. The first kappa shape index (κ1) is 6.98. The maximum Gasteiger partial charge on any atom is 0.0553 e. The first-order valence-corrected chi connectivity index (χ1v) is 2.22. The van der Waals surface area contributed by atoms with Crippen molar-refractivity contribution in [3.63, 3.8) is 0 Å². The van der Waals surface area contributed by atoms with Crippen LogP contribution in [0.3, 0.4) is 0 Å². The van der Waals surface area contributed by atoms with E-state index in [1.165, 1.54) is 0 Å². The van der Waals surface area contributed by atoms with Crippen LogP contribution in [-0.2, 0) is 4.74 Å². The molecule has 3 radical (unpaired) electrons. The van der Waals surface area contributed by atoms with Gasteiger partial charge in [0, 0.05) is 7.11 Å². The van der Waals surface area contributed by atoms with Crippen molar-refractivity contribution in [3.8, 4) is 0 Å². The van der Waals surface area contributed by atoms with Crippen LogP contribution in [0.1, 0.15) is 0 Å². The Hall–Kier alpha value is -0.0151. The van der Waals surface area contributed by atoms with Gasteiger partial charge in [-0.3, -0.25) is 0 Å². The first-order chi connectivity index (χ1) is 3.27. The number of nitrogens with zero attached hydrogens (tertiary/aromatic N) is 1. The third-order valence-corrected chi connectivity index (χ3v) is 0.648. The van der Waals surface area contributed by atoms with Crippen molar-refractivity contribution >= 4 is 7.98 Å². The van der Waals surface area contributed by atoms with E-state index in [2.05, 4.69) is 0 Å². The maximum atomic E-state index is 5.23. The van der Waals surface area contributed by atoms with Crippen LogP contribution in [0.5, 0.6) is 0 Å².